The quantitative estimate of drug-likeness (QED) is 0.620. The van der Waals surface area contributed by atoms with Gasteiger partial charge in [0.1, 0.15) is 12.4 Å². The molecule has 7 nitrogen and oxygen atoms in total. The summed E-state index contributed by atoms with van der Waals surface area (Å²) in [4.78, 5) is 7.39. The summed E-state index contributed by atoms with van der Waals surface area (Å²) in [7, 11) is 2.00. The molecule has 1 saturated heterocycles. The molecule has 0 aromatic carbocycles. The molecule has 2 heterocycles. The molecule has 1 aromatic rings. The van der Waals surface area contributed by atoms with Crippen molar-refractivity contribution in [3.05, 3.63) is 11.6 Å². The third-order valence-electron chi connectivity index (χ3n) is 5.86. The number of aryl methyl sites for hydroxylation is 1. The van der Waals surface area contributed by atoms with E-state index in [4.69, 9.17) is 4.99 Å². The summed E-state index contributed by atoms with van der Waals surface area (Å²) in [5.41, 5.74) is 0. The second-order valence-corrected chi connectivity index (χ2v) is 8.06. The van der Waals surface area contributed by atoms with Crippen molar-refractivity contribution in [2.75, 3.05) is 13.1 Å². The lowest BCUT2D eigenvalue weighted by molar-refractivity contribution is 0.167. The number of rotatable bonds is 5. The molecule has 7 heteroatoms. The van der Waals surface area contributed by atoms with Gasteiger partial charge in [-0.05, 0) is 46.5 Å². The molecule has 146 valence electrons. The van der Waals surface area contributed by atoms with Crippen molar-refractivity contribution in [3.8, 4) is 0 Å². The molecule has 0 unspecified atom stereocenters. The molecule has 1 aliphatic carbocycles. The minimum Gasteiger partial charge on any atom is -0.354 e. The van der Waals surface area contributed by atoms with Gasteiger partial charge in [0.25, 0.3) is 0 Å². The van der Waals surface area contributed by atoms with Gasteiger partial charge in [-0.1, -0.05) is 12.8 Å². The average Bonchev–Trinajstić information content (AvgIpc) is 3.24. The molecule has 26 heavy (non-hydrogen) atoms. The third kappa shape index (κ3) is 4.96. The molecule has 2 fully saturated rings. The van der Waals surface area contributed by atoms with Crippen LogP contribution in [-0.2, 0) is 13.6 Å². The van der Waals surface area contributed by atoms with Crippen molar-refractivity contribution in [2.24, 2.45) is 12.0 Å². The topological polar surface area (TPSA) is 70.4 Å². The molecule has 0 amide bonds. The molecule has 0 atom stereocenters. The van der Waals surface area contributed by atoms with Crippen LogP contribution in [-0.4, -0.2) is 56.8 Å². The molecule has 1 aliphatic heterocycles. The van der Waals surface area contributed by atoms with Gasteiger partial charge in [0.2, 0.25) is 0 Å². The highest BCUT2D eigenvalue weighted by atomic mass is 15.3. The maximum atomic E-state index is 4.84. The van der Waals surface area contributed by atoms with Gasteiger partial charge >= 0.3 is 0 Å². The van der Waals surface area contributed by atoms with Gasteiger partial charge in [-0.15, -0.1) is 10.2 Å². The zero-order valence-electron chi connectivity index (χ0n) is 16.8. The first kappa shape index (κ1) is 19.1. The van der Waals surface area contributed by atoms with E-state index in [1.165, 1.54) is 38.5 Å². The summed E-state index contributed by atoms with van der Waals surface area (Å²) in [6.45, 7) is 9.42. The third-order valence-corrected chi connectivity index (χ3v) is 5.86. The van der Waals surface area contributed by atoms with E-state index in [1.54, 1.807) is 0 Å². The first-order chi connectivity index (χ1) is 12.5. The summed E-state index contributed by atoms with van der Waals surface area (Å²) in [5, 5.41) is 15.7. The molecule has 2 aliphatic rings. The lowest BCUT2D eigenvalue weighted by atomic mass is 10.0. The SMILES string of the molecule is Cc1nnc(CN=C(NC2CCCC2)NC2CCN(C(C)C)CC2)n1C. The van der Waals surface area contributed by atoms with Gasteiger partial charge in [0, 0.05) is 38.3 Å². The average molecular weight is 362 g/mol. The summed E-state index contributed by atoms with van der Waals surface area (Å²) < 4.78 is 2.01. The Labute approximate surface area is 157 Å². The van der Waals surface area contributed by atoms with Gasteiger partial charge in [-0.2, -0.15) is 0 Å². The van der Waals surface area contributed by atoms with Crippen molar-refractivity contribution >= 4 is 5.96 Å². The maximum Gasteiger partial charge on any atom is 0.192 e. The predicted molar refractivity (Wildman–Crippen MR) is 105 cm³/mol. The number of nitrogens with zero attached hydrogens (tertiary/aromatic N) is 5. The molecule has 2 N–H and O–H groups in total. The smallest absolute Gasteiger partial charge is 0.192 e. The lowest BCUT2D eigenvalue weighted by Gasteiger charge is -2.35. The van der Waals surface area contributed by atoms with Crippen LogP contribution in [0, 0.1) is 6.92 Å². The highest BCUT2D eigenvalue weighted by Crippen LogP contribution is 2.18. The predicted octanol–water partition coefficient (Wildman–Crippen LogP) is 1.97. The second kappa shape index (κ2) is 8.84. The number of hydrogen-bond acceptors (Lipinski definition) is 4. The first-order valence-corrected chi connectivity index (χ1v) is 10.2. The van der Waals surface area contributed by atoms with E-state index >= 15 is 0 Å². The number of nitrogens with one attached hydrogen (secondary N) is 2. The Kier molecular flexibility index (Phi) is 6.51. The van der Waals surface area contributed by atoms with E-state index in [9.17, 15) is 0 Å². The fraction of sp³-hybridized carbons (Fsp3) is 0.842. The van der Waals surface area contributed by atoms with Crippen molar-refractivity contribution in [2.45, 2.75) is 84.0 Å². The van der Waals surface area contributed by atoms with Crippen molar-refractivity contribution in [3.63, 3.8) is 0 Å². The van der Waals surface area contributed by atoms with E-state index < -0.39 is 0 Å². The van der Waals surface area contributed by atoms with Crippen LogP contribution in [0.15, 0.2) is 4.99 Å². The van der Waals surface area contributed by atoms with Crippen molar-refractivity contribution in [1.82, 2.24) is 30.3 Å². The van der Waals surface area contributed by atoms with Crippen LogP contribution in [0.4, 0.5) is 0 Å². The van der Waals surface area contributed by atoms with Crippen LogP contribution in [0.1, 0.15) is 64.0 Å². The summed E-state index contributed by atoms with van der Waals surface area (Å²) in [6, 6.07) is 1.69. The molecule has 3 rings (SSSR count). The lowest BCUT2D eigenvalue weighted by Crippen LogP contribution is -2.51. The molecule has 0 spiro atoms. The van der Waals surface area contributed by atoms with E-state index in [2.05, 4.69) is 39.6 Å². The fourth-order valence-electron chi connectivity index (χ4n) is 3.89. The normalized spacial score (nSPS) is 20.9. The summed E-state index contributed by atoms with van der Waals surface area (Å²) >= 11 is 0. The van der Waals surface area contributed by atoms with Crippen LogP contribution in [0.3, 0.4) is 0 Å². The van der Waals surface area contributed by atoms with Crippen molar-refractivity contribution < 1.29 is 0 Å². The largest absolute Gasteiger partial charge is 0.354 e. The Morgan fingerprint density at radius 1 is 1.08 bits per heavy atom. The van der Waals surface area contributed by atoms with Gasteiger partial charge in [0.05, 0.1) is 0 Å². The molecular formula is C19H35N7. The number of aliphatic imine (C=N–C) groups is 1. The molecule has 0 bridgehead atoms. The van der Waals surface area contributed by atoms with Crippen LogP contribution < -0.4 is 10.6 Å². The van der Waals surface area contributed by atoms with Crippen LogP contribution in [0.5, 0.6) is 0 Å². The molecule has 0 radical (unpaired) electrons. The van der Waals surface area contributed by atoms with Crippen LogP contribution in [0.2, 0.25) is 0 Å². The molecule has 1 saturated carbocycles. The highest BCUT2D eigenvalue weighted by Gasteiger charge is 2.23. The second-order valence-electron chi connectivity index (χ2n) is 8.06. The maximum absolute atomic E-state index is 4.84. The standard InChI is InChI=1S/C19H35N7/c1-14(2)26-11-9-17(10-12-26)22-19(21-16-7-5-6-8-16)20-13-18-24-23-15(3)25(18)4/h14,16-17H,5-13H2,1-4H3,(H2,20,21,22). The van der Waals surface area contributed by atoms with Gasteiger partial charge < -0.3 is 20.1 Å². The van der Waals surface area contributed by atoms with Gasteiger partial charge in [0.15, 0.2) is 11.8 Å². The Balaban J connectivity index is 1.61. The van der Waals surface area contributed by atoms with E-state index in [0.717, 1.165) is 30.7 Å². The minimum absolute atomic E-state index is 0.499. The molecular weight excluding hydrogens is 326 g/mol. The Morgan fingerprint density at radius 3 is 2.23 bits per heavy atom. The molecule has 1 aromatic heterocycles. The minimum atomic E-state index is 0.499. The van der Waals surface area contributed by atoms with E-state index in [0.29, 0.717) is 24.7 Å². The Bertz CT molecular complexity index is 593. The number of hydrogen-bond donors (Lipinski definition) is 2. The van der Waals surface area contributed by atoms with Crippen LogP contribution >= 0.6 is 0 Å². The Morgan fingerprint density at radius 2 is 1.69 bits per heavy atom. The number of likely N-dealkylation sites (tertiary alicyclic amines) is 1. The van der Waals surface area contributed by atoms with Gasteiger partial charge in [-0.25, -0.2) is 4.99 Å². The van der Waals surface area contributed by atoms with E-state index in [-0.39, 0.29) is 0 Å². The summed E-state index contributed by atoms with van der Waals surface area (Å²) in [5.74, 6) is 2.78. The van der Waals surface area contributed by atoms with E-state index in [1.807, 2.05) is 18.5 Å². The fourth-order valence-corrected chi connectivity index (χ4v) is 3.89. The zero-order valence-corrected chi connectivity index (χ0v) is 16.8. The van der Waals surface area contributed by atoms with Gasteiger partial charge in [-0.3, -0.25) is 0 Å². The number of guanidine groups is 1. The zero-order chi connectivity index (χ0) is 18.5. The Hall–Kier alpha value is -1.63. The number of piperidine rings is 1. The first-order valence-electron chi connectivity index (χ1n) is 10.2. The summed E-state index contributed by atoms with van der Waals surface area (Å²) in [6.07, 6.45) is 7.48. The van der Waals surface area contributed by atoms with Crippen LogP contribution in [0.25, 0.3) is 0 Å². The number of aromatic nitrogens is 3. The monoisotopic (exact) mass is 361 g/mol. The van der Waals surface area contributed by atoms with Crippen molar-refractivity contribution in [1.29, 1.82) is 0 Å². The highest BCUT2D eigenvalue weighted by molar-refractivity contribution is 5.80.